The Morgan fingerprint density at radius 2 is 1.91 bits per heavy atom. The minimum atomic E-state index is 0.403. The molecule has 2 saturated heterocycles. The lowest BCUT2D eigenvalue weighted by molar-refractivity contribution is 0.0992. The summed E-state index contributed by atoms with van der Waals surface area (Å²) in [5.41, 5.74) is 0. The number of ether oxygens (including phenoxy) is 1. The van der Waals surface area contributed by atoms with Crippen molar-refractivity contribution >= 4 is 5.96 Å². The fraction of sp³-hybridized carbons (Fsp3) is 0.941. The highest BCUT2D eigenvalue weighted by molar-refractivity contribution is 5.80. The van der Waals surface area contributed by atoms with Crippen molar-refractivity contribution in [1.29, 1.82) is 0 Å². The minimum absolute atomic E-state index is 0.403. The smallest absolute Gasteiger partial charge is 0.191 e. The molecular formula is C17H34N4O. The van der Waals surface area contributed by atoms with Crippen molar-refractivity contribution in [3.63, 3.8) is 0 Å². The highest BCUT2D eigenvalue weighted by atomic mass is 16.5. The van der Waals surface area contributed by atoms with E-state index in [0.29, 0.717) is 18.2 Å². The normalized spacial score (nSPS) is 27.6. The van der Waals surface area contributed by atoms with Gasteiger partial charge in [-0.3, -0.25) is 4.99 Å². The zero-order valence-corrected chi connectivity index (χ0v) is 14.6. The molecule has 2 fully saturated rings. The van der Waals surface area contributed by atoms with Gasteiger partial charge in [-0.15, -0.1) is 0 Å². The molecule has 2 rings (SSSR count). The Kier molecular flexibility index (Phi) is 7.46. The van der Waals surface area contributed by atoms with Crippen LogP contribution in [0.2, 0.25) is 0 Å². The van der Waals surface area contributed by atoms with E-state index in [9.17, 15) is 0 Å². The van der Waals surface area contributed by atoms with Crippen molar-refractivity contribution in [2.24, 2.45) is 4.99 Å². The molecule has 5 heteroatoms. The zero-order valence-electron chi connectivity index (χ0n) is 14.6. The monoisotopic (exact) mass is 310 g/mol. The third-order valence-corrected chi connectivity index (χ3v) is 4.73. The van der Waals surface area contributed by atoms with Gasteiger partial charge in [-0.25, -0.2) is 0 Å². The number of guanidine groups is 1. The molecule has 0 aromatic rings. The van der Waals surface area contributed by atoms with Gasteiger partial charge in [0, 0.05) is 13.6 Å². The predicted octanol–water partition coefficient (Wildman–Crippen LogP) is 1.98. The van der Waals surface area contributed by atoms with Gasteiger partial charge in [0.05, 0.1) is 18.2 Å². The summed E-state index contributed by atoms with van der Waals surface area (Å²) in [6.07, 6.45) is 11.0. The van der Waals surface area contributed by atoms with Crippen molar-refractivity contribution in [3.05, 3.63) is 0 Å². The summed E-state index contributed by atoms with van der Waals surface area (Å²) in [5, 5.41) is 6.97. The topological polar surface area (TPSA) is 48.9 Å². The average Bonchev–Trinajstić information content (AvgIpc) is 3.11. The Morgan fingerprint density at radius 3 is 2.55 bits per heavy atom. The third kappa shape index (κ3) is 5.76. The van der Waals surface area contributed by atoms with Gasteiger partial charge in [-0.1, -0.05) is 19.3 Å². The first kappa shape index (κ1) is 17.5. The molecule has 0 radical (unpaired) electrons. The van der Waals surface area contributed by atoms with Crippen LogP contribution in [0.15, 0.2) is 4.99 Å². The van der Waals surface area contributed by atoms with Crippen LogP contribution in [0.4, 0.5) is 0 Å². The van der Waals surface area contributed by atoms with Crippen molar-refractivity contribution < 1.29 is 4.74 Å². The first-order chi connectivity index (χ1) is 10.7. The quantitative estimate of drug-likeness (QED) is 0.388. The lowest BCUT2D eigenvalue weighted by Gasteiger charge is -2.22. The van der Waals surface area contributed by atoms with Crippen LogP contribution in [-0.2, 0) is 4.74 Å². The maximum Gasteiger partial charge on any atom is 0.191 e. The molecule has 0 aliphatic carbocycles. The van der Waals surface area contributed by atoms with E-state index < -0.39 is 0 Å². The zero-order chi connectivity index (χ0) is 15.8. The van der Waals surface area contributed by atoms with Gasteiger partial charge in [0.1, 0.15) is 0 Å². The van der Waals surface area contributed by atoms with Crippen molar-refractivity contribution in [1.82, 2.24) is 15.5 Å². The van der Waals surface area contributed by atoms with E-state index in [1.807, 2.05) is 7.05 Å². The second-order valence-electron chi connectivity index (χ2n) is 6.93. The van der Waals surface area contributed by atoms with Gasteiger partial charge in [-0.2, -0.15) is 0 Å². The predicted molar refractivity (Wildman–Crippen MR) is 92.4 cm³/mol. The number of nitrogens with zero attached hydrogens (tertiary/aromatic N) is 2. The molecule has 0 amide bonds. The molecule has 0 aromatic heterocycles. The van der Waals surface area contributed by atoms with E-state index in [1.165, 1.54) is 51.5 Å². The molecule has 2 heterocycles. The number of fused-ring (bicyclic) bond motifs is 2. The fourth-order valence-electron chi connectivity index (χ4n) is 3.45. The third-order valence-electron chi connectivity index (χ3n) is 4.73. The van der Waals surface area contributed by atoms with Crippen molar-refractivity contribution in [3.8, 4) is 0 Å². The fourth-order valence-corrected chi connectivity index (χ4v) is 3.45. The van der Waals surface area contributed by atoms with Gasteiger partial charge in [-0.05, 0) is 52.7 Å². The Hall–Kier alpha value is -0.810. The first-order valence-electron chi connectivity index (χ1n) is 8.96. The van der Waals surface area contributed by atoms with Crippen LogP contribution in [-0.4, -0.2) is 63.3 Å². The molecule has 2 aliphatic heterocycles. The Labute approximate surface area is 135 Å². The minimum Gasteiger partial charge on any atom is -0.373 e. The van der Waals surface area contributed by atoms with Gasteiger partial charge >= 0.3 is 0 Å². The van der Waals surface area contributed by atoms with E-state index in [4.69, 9.17) is 4.74 Å². The van der Waals surface area contributed by atoms with E-state index in [1.54, 1.807) is 0 Å². The molecule has 22 heavy (non-hydrogen) atoms. The lowest BCUT2D eigenvalue weighted by atomic mass is 9.96. The van der Waals surface area contributed by atoms with Crippen LogP contribution in [0.25, 0.3) is 0 Å². The molecule has 2 aliphatic rings. The average molecular weight is 310 g/mol. The Balaban J connectivity index is 1.48. The second-order valence-corrected chi connectivity index (χ2v) is 6.93. The first-order valence-corrected chi connectivity index (χ1v) is 8.96. The highest BCUT2D eigenvalue weighted by Crippen LogP contribution is 2.34. The molecule has 2 bridgehead atoms. The van der Waals surface area contributed by atoms with E-state index >= 15 is 0 Å². The number of hydrogen-bond acceptors (Lipinski definition) is 3. The van der Waals surface area contributed by atoms with Crippen LogP contribution in [0.3, 0.4) is 0 Å². The maximum absolute atomic E-state index is 5.88. The maximum atomic E-state index is 5.88. The van der Waals surface area contributed by atoms with E-state index in [2.05, 4.69) is 34.6 Å². The molecule has 3 atom stereocenters. The van der Waals surface area contributed by atoms with Crippen LogP contribution >= 0.6 is 0 Å². The SMILES string of the molecule is CN=C(NCCCCCCCN(C)C)NC1CC2CCC1O2. The molecule has 0 saturated carbocycles. The summed E-state index contributed by atoms with van der Waals surface area (Å²) in [7, 11) is 6.14. The summed E-state index contributed by atoms with van der Waals surface area (Å²) >= 11 is 0. The van der Waals surface area contributed by atoms with Crippen LogP contribution in [0, 0.1) is 0 Å². The van der Waals surface area contributed by atoms with Crippen LogP contribution in [0.1, 0.15) is 51.4 Å². The van der Waals surface area contributed by atoms with Crippen molar-refractivity contribution in [2.45, 2.75) is 69.6 Å². The summed E-state index contributed by atoms with van der Waals surface area (Å²) < 4.78 is 5.88. The second kappa shape index (κ2) is 9.36. The molecular weight excluding hydrogens is 276 g/mol. The van der Waals surface area contributed by atoms with Crippen LogP contribution < -0.4 is 10.6 Å². The number of rotatable bonds is 9. The van der Waals surface area contributed by atoms with Crippen molar-refractivity contribution in [2.75, 3.05) is 34.2 Å². The Bertz CT molecular complexity index is 346. The molecule has 128 valence electrons. The number of aliphatic imine (C=N–C) groups is 1. The summed E-state index contributed by atoms with van der Waals surface area (Å²) in [5.74, 6) is 0.939. The van der Waals surface area contributed by atoms with Crippen LogP contribution in [0.5, 0.6) is 0 Å². The molecule has 0 spiro atoms. The van der Waals surface area contributed by atoms with E-state index in [-0.39, 0.29) is 0 Å². The molecule has 5 nitrogen and oxygen atoms in total. The number of unbranched alkanes of at least 4 members (excludes halogenated alkanes) is 4. The molecule has 2 N–H and O–H groups in total. The summed E-state index contributed by atoms with van der Waals surface area (Å²) in [4.78, 5) is 6.60. The van der Waals surface area contributed by atoms with Gasteiger partial charge in [0.2, 0.25) is 0 Å². The lowest BCUT2D eigenvalue weighted by Crippen LogP contribution is -2.47. The number of nitrogens with one attached hydrogen (secondary N) is 2. The standard InChI is InChI=1S/C17H34N4O/c1-18-17(20-15-13-14-9-10-16(15)22-14)19-11-7-5-4-6-8-12-21(2)3/h14-16H,4-13H2,1-3H3,(H2,18,19,20). The molecule has 3 unspecified atom stereocenters. The van der Waals surface area contributed by atoms with Gasteiger partial charge in [0.25, 0.3) is 0 Å². The largest absolute Gasteiger partial charge is 0.373 e. The van der Waals surface area contributed by atoms with E-state index in [0.717, 1.165) is 18.9 Å². The summed E-state index contributed by atoms with van der Waals surface area (Å²) in [6.45, 7) is 2.22. The Morgan fingerprint density at radius 1 is 1.14 bits per heavy atom. The van der Waals surface area contributed by atoms with Gasteiger partial charge < -0.3 is 20.3 Å². The van der Waals surface area contributed by atoms with Gasteiger partial charge in [0.15, 0.2) is 5.96 Å². The summed E-state index contributed by atoms with van der Waals surface area (Å²) in [6, 6.07) is 0.455. The number of hydrogen-bond donors (Lipinski definition) is 2. The highest BCUT2D eigenvalue weighted by Gasteiger charge is 2.40. The molecule has 0 aromatic carbocycles.